The zero-order valence-electron chi connectivity index (χ0n) is 22.6. The van der Waals surface area contributed by atoms with E-state index >= 15 is 0 Å². The molecule has 0 aliphatic heterocycles. The van der Waals surface area contributed by atoms with E-state index in [1.165, 1.54) is 0 Å². The van der Waals surface area contributed by atoms with Gasteiger partial charge >= 0.3 is 0 Å². The number of rotatable bonds is 11. The van der Waals surface area contributed by atoms with E-state index < -0.39 is 10.0 Å². The predicted molar refractivity (Wildman–Crippen MR) is 164 cm³/mol. The van der Waals surface area contributed by atoms with Crippen molar-refractivity contribution in [2.45, 2.75) is 37.0 Å². The Bertz CT molecular complexity index is 1510. The quantitative estimate of drug-likeness (QED) is 0.222. The lowest BCUT2D eigenvalue weighted by atomic mass is 9.82. The molecule has 4 aromatic rings. The molecule has 5 rings (SSSR count). The van der Waals surface area contributed by atoms with Gasteiger partial charge in [0.25, 0.3) is 0 Å². The van der Waals surface area contributed by atoms with Crippen LogP contribution in [-0.4, -0.2) is 50.1 Å². The summed E-state index contributed by atoms with van der Waals surface area (Å²) in [6.07, 6.45) is 6.74. The Balaban J connectivity index is 1.15. The number of halogens is 1. The summed E-state index contributed by atoms with van der Waals surface area (Å²) < 4.78 is 28.9. The van der Waals surface area contributed by atoms with Crippen molar-refractivity contribution in [3.8, 4) is 0 Å². The number of nitrogens with one attached hydrogen (secondary N) is 2. The minimum atomic E-state index is -3.49. The van der Waals surface area contributed by atoms with Crippen LogP contribution in [0.5, 0.6) is 0 Å². The van der Waals surface area contributed by atoms with Crippen molar-refractivity contribution in [1.29, 1.82) is 0 Å². The largest absolute Gasteiger partial charge is 0.359 e. The highest BCUT2D eigenvalue weighted by molar-refractivity contribution is 9.10. The number of anilines is 2. The summed E-state index contributed by atoms with van der Waals surface area (Å²) in [7, 11) is -1.43. The standard InChI is InChI=1S/C30H35BrN6O2S/c1-37(19-17-25-6-4-5-18-32-25)29-27-7-2-3-8-28(27)35-30(36-29)33-20-22-9-11-23(12-10-22)21-34-40(38,39)26-15-13-24(31)14-16-26/h2-8,13-16,18,22-23,34H,9-12,17,19-21H2,1H3,(H,33,35,36)/t22-,23-. The zero-order valence-corrected chi connectivity index (χ0v) is 25.0. The summed E-state index contributed by atoms with van der Waals surface area (Å²) in [5, 5.41) is 4.53. The van der Waals surface area contributed by atoms with Gasteiger partial charge in [0, 0.05) is 54.9 Å². The van der Waals surface area contributed by atoms with E-state index in [2.05, 4.69) is 49.0 Å². The Morgan fingerprint density at radius 1 is 0.900 bits per heavy atom. The molecule has 0 unspecified atom stereocenters. The molecule has 2 heterocycles. The van der Waals surface area contributed by atoms with Crippen molar-refractivity contribution in [3.63, 3.8) is 0 Å². The maximum Gasteiger partial charge on any atom is 0.240 e. The van der Waals surface area contributed by atoms with Crippen molar-refractivity contribution in [2.24, 2.45) is 11.8 Å². The van der Waals surface area contributed by atoms with Crippen LogP contribution in [0.15, 0.2) is 82.3 Å². The maximum atomic E-state index is 12.6. The highest BCUT2D eigenvalue weighted by Crippen LogP contribution is 2.30. The first-order valence-corrected chi connectivity index (χ1v) is 16.0. The number of nitrogens with zero attached hydrogens (tertiary/aromatic N) is 4. The molecule has 40 heavy (non-hydrogen) atoms. The molecule has 0 saturated heterocycles. The van der Waals surface area contributed by atoms with Gasteiger partial charge in [0.2, 0.25) is 16.0 Å². The van der Waals surface area contributed by atoms with Gasteiger partial charge in [0.05, 0.1) is 10.4 Å². The lowest BCUT2D eigenvalue weighted by Gasteiger charge is -2.29. The number of aromatic nitrogens is 3. The van der Waals surface area contributed by atoms with E-state index in [-0.39, 0.29) is 0 Å². The molecular weight excluding hydrogens is 588 g/mol. The highest BCUT2D eigenvalue weighted by Gasteiger charge is 2.24. The topological polar surface area (TPSA) is 100 Å². The van der Waals surface area contributed by atoms with E-state index in [1.807, 2.05) is 42.6 Å². The third kappa shape index (κ3) is 7.35. The summed E-state index contributed by atoms with van der Waals surface area (Å²) in [6, 6.07) is 20.8. The van der Waals surface area contributed by atoms with Gasteiger partial charge in [-0.05, 0) is 86.1 Å². The molecule has 0 amide bonds. The zero-order chi connectivity index (χ0) is 28.0. The van der Waals surface area contributed by atoms with Crippen molar-refractivity contribution >= 4 is 48.6 Å². The number of benzene rings is 2. The first kappa shape index (κ1) is 28.4. The fourth-order valence-corrected chi connectivity index (χ4v) is 6.54. The van der Waals surface area contributed by atoms with Crippen molar-refractivity contribution < 1.29 is 8.42 Å². The summed E-state index contributed by atoms with van der Waals surface area (Å²) in [5.74, 6) is 2.39. The van der Waals surface area contributed by atoms with Crippen LogP contribution in [0.1, 0.15) is 31.4 Å². The molecule has 8 nitrogen and oxygen atoms in total. The first-order valence-electron chi connectivity index (χ1n) is 13.7. The fraction of sp³-hybridized carbons (Fsp3) is 0.367. The molecule has 210 valence electrons. The number of sulfonamides is 1. The van der Waals surface area contributed by atoms with Crippen LogP contribution in [0.2, 0.25) is 0 Å². The summed E-state index contributed by atoms with van der Waals surface area (Å²) in [4.78, 5) is 16.6. The minimum absolute atomic E-state index is 0.297. The molecule has 0 radical (unpaired) electrons. The van der Waals surface area contributed by atoms with E-state index in [4.69, 9.17) is 9.97 Å². The highest BCUT2D eigenvalue weighted by atomic mass is 79.9. The number of hydrogen-bond acceptors (Lipinski definition) is 7. The Labute approximate surface area is 244 Å². The van der Waals surface area contributed by atoms with Gasteiger partial charge in [-0.25, -0.2) is 18.1 Å². The summed E-state index contributed by atoms with van der Waals surface area (Å²) in [6.45, 7) is 2.07. The number of pyridine rings is 1. The van der Waals surface area contributed by atoms with Gasteiger partial charge in [0.1, 0.15) is 5.82 Å². The molecule has 1 aliphatic carbocycles. The number of likely N-dealkylation sites (N-methyl/N-ethyl adjacent to an activating group) is 1. The minimum Gasteiger partial charge on any atom is -0.359 e. The second-order valence-corrected chi connectivity index (χ2v) is 13.1. The van der Waals surface area contributed by atoms with Gasteiger partial charge in [-0.2, -0.15) is 4.98 Å². The van der Waals surface area contributed by atoms with E-state index in [9.17, 15) is 8.42 Å². The van der Waals surface area contributed by atoms with Gasteiger partial charge < -0.3 is 10.2 Å². The molecule has 1 saturated carbocycles. The van der Waals surface area contributed by atoms with Crippen molar-refractivity contribution in [2.75, 3.05) is 36.9 Å². The Kier molecular flexibility index (Phi) is 9.29. The monoisotopic (exact) mass is 622 g/mol. The van der Waals surface area contributed by atoms with E-state index in [1.54, 1.807) is 24.3 Å². The predicted octanol–water partition coefficient (Wildman–Crippen LogP) is 5.66. The molecule has 1 aliphatic rings. The smallest absolute Gasteiger partial charge is 0.240 e. The van der Waals surface area contributed by atoms with Crippen molar-refractivity contribution in [3.05, 3.63) is 83.1 Å². The Morgan fingerprint density at radius 3 is 2.33 bits per heavy atom. The SMILES string of the molecule is CN(CCc1ccccn1)c1nc(NC[C@H]2CC[C@H](CNS(=O)(=O)c3ccc(Br)cc3)CC2)nc2ccccc12. The number of para-hydroxylation sites is 1. The van der Waals surface area contributed by atoms with Crippen LogP contribution in [0.4, 0.5) is 11.8 Å². The first-order chi connectivity index (χ1) is 19.4. The third-order valence-corrected chi connectivity index (χ3v) is 9.54. The van der Waals surface area contributed by atoms with Gasteiger partial charge in [-0.1, -0.05) is 34.1 Å². The van der Waals surface area contributed by atoms with E-state index in [0.29, 0.717) is 29.2 Å². The van der Waals surface area contributed by atoms with Gasteiger partial charge in [-0.15, -0.1) is 0 Å². The van der Waals surface area contributed by atoms with Crippen LogP contribution >= 0.6 is 15.9 Å². The van der Waals surface area contributed by atoms with Crippen LogP contribution in [0.25, 0.3) is 10.9 Å². The molecule has 0 atom stereocenters. The van der Waals surface area contributed by atoms with Crippen LogP contribution < -0.4 is 14.9 Å². The van der Waals surface area contributed by atoms with Crippen molar-refractivity contribution in [1.82, 2.24) is 19.7 Å². The lowest BCUT2D eigenvalue weighted by Crippen LogP contribution is -2.32. The fourth-order valence-electron chi connectivity index (χ4n) is 5.16. The average molecular weight is 624 g/mol. The second-order valence-electron chi connectivity index (χ2n) is 10.5. The molecule has 2 N–H and O–H groups in total. The van der Waals surface area contributed by atoms with Crippen LogP contribution in [0.3, 0.4) is 0 Å². The maximum absolute atomic E-state index is 12.6. The lowest BCUT2D eigenvalue weighted by molar-refractivity contribution is 0.284. The molecule has 1 fully saturated rings. The molecule has 10 heteroatoms. The number of hydrogen-bond donors (Lipinski definition) is 2. The summed E-state index contributed by atoms with van der Waals surface area (Å²) >= 11 is 3.35. The van der Waals surface area contributed by atoms with Gasteiger partial charge in [0.15, 0.2) is 0 Å². The molecule has 2 aromatic heterocycles. The molecule has 0 spiro atoms. The normalized spacial score (nSPS) is 17.6. The molecule has 2 aromatic carbocycles. The Morgan fingerprint density at radius 2 is 1.60 bits per heavy atom. The summed E-state index contributed by atoms with van der Waals surface area (Å²) in [5.41, 5.74) is 1.98. The molecular formula is C30H35BrN6O2S. The van der Waals surface area contributed by atoms with E-state index in [0.717, 1.165) is 72.1 Å². The number of fused-ring (bicyclic) bond motifs is 1. The third-order valence-electron chi connectivity index (χ3n) is 7.58. The van der Waals surface area contributed by atoms with Gasteiger partial charge in [-0.3, -0.25) is 4.98 Å². The Hall–Kier alpha value is -3.08. The average Bonchev–Trinajstić information content (AvgIpc) is 2.98. The van der Waals surface area contributed by atoms with Crippen LogP contribution in [0, 0.1) is 11.8 Å². The van der Waals surface area contributed by atoms with Crippen LogP contribution in [-0.2, 0) is 16.4 Å². The second kappa shape index (κ2) is 13.1. The molecule has 0 bridgehead atoms.